The molecule has 0 aromatic carbocycles. The van der Waals surface area contributed by atoms with E-state index in [1.54, 1.807) is 0 Å². The van der Waals surface area contributed by atoms with Crippen LogP contribution in [0.15, 0.2) is 0 Å². The summed E-state index contributed by atoms with van der Waals surface area (Å²) in [6, 6.07) is 0. The summed E-state index contributed by atoms with van der Waals surface area (Å²) in [6.07, 6.45) is 7.68. The second-order valence-electron chi connectivity index (χ2n) is 5.11. The first-order valence-electron chi connectivity index (χ1n) is 7.02. The Labute approximate surface area is 105 Å². The number of ether oxygens (including phenoxy) is 1. The van der Waals surface area contributed by atoms with Crippen LogP contribution in [-0.2, 0) is 9.53 Å². The quantitative estimate of drug-likeness (QED) is 0.724. The van der Waals surface area contributed by atoms with Crippen LogP contribution in [0.5, 0.6) is 0 Å². The van der Waals surface area contributed by atoms with E-state index < -0.39 is 11.4 Å². The molecule has 100 valence electrons. The Kier molecular flexibility index (Phi) is 5.96. The molecule has 0 aromatic rings. The average molecular weight is 242 g/mol. The maximum absolute atomic E-state index is 11.7. The van der Waals surface area contributed by atoms with Crippen molar-refractivity contribution in [3.05, 3.63) is 0 Å². The zero-order valence-electron chi connectivity index (χ0n) is 11.2. The molecule has 1 fully saturated rings. The molecule has 0 radical (unpaired) electrons. The first-order valence-corrected chi connectivity index (χ1v) is 7.02. The van der Waals surface area contributed by atoms with Gasteiger partial charge >= 0.3 is 5.97 Å². The zero-order valence-corrected chi connectivity index (χ0v) is 11.2. The second-order valence-corrected chi connectivity index (χ2v) is 5.11. The summed E-state index contributed by atoms with van der Waals surface area (Å²) in [5, 5.41) is 9.66. The normalized spacial score (nSPS) is 29.9. The molecule has 0 spiro atoms. The lowest BCUT2D eigenvalue weighted by Gasteiger charge is -2.35. The molecular formula is C14H26O3. The lowest BCUT2D eigenvalue weighted by Crippen LogP contribution is -2.43. The molecule has 3 heteroatoms. The molecule has 1 saturated carbocycles. The summed E-state index contributed by atoms with van der Waals surface area (Å²) >= 11 is 0. The summed E-state index contributed by atoms with van der Waals surface area (Å²) in [4.78, 5) is 11.7. The topological polar surface area (TPSA) is 46.5 Å². The van der Waals surface area contributed by atoms with E-state index in [2.05, 4.69) is 6.92 Å². The van der Waals surface area contributed by atoms with Crippen molar-refractivity contribution in [3.8, 4) is 0 Å². The second kappa shape index (κ2) is 7.00. The van der Waals surface area contributed by atoms with E-state index in [0.29, 0.717) is 6.61 Å². The highest BCUT2D eigenvalue weighted by Crippen LogP contribution is 2.41. The van der Waals surface area contributed by atoms with Crippen LogP contribution in [-0.4, -0.2) is 23.8 Å². The number of carboxylic acids is 1. The van der Waals surface area contributed by atoms with Gasteiger partial charge in [-0.3, -0.25) is 4.79 Å². The van der Waals surface area contributed by atoms with Crippen molar-refractivity contribution in [3.63, 3.8) is 0 Å². The van der Waals surface area contributed by atoms with Crippen molar-refractivity contribution in [2.24, 2.45) is 5.41 Å². The fourth-order valence-electron chi connectivity index (χ4n) is 2.96. The zero-order chi connectivity index (χ0) is 12.7. The predicted molar refractivity (Wildman–Crippen MR) is 68.1 cm³/mol. The van der Waals surface area contributed by atoms with Crippen LogP contribution in [0.2, 0.25) is 0 Å². The largest absolute Gasteiger partial charge is 0.481 e. The minimum atomic E-state index is -0.647. The van der Waals surface area contributed by atoms with Gasteiger partial charge in [-0.05, 0) is 26.2 Å². The Hall–Kier alpha value is -0.570. The standard InChI is InChI=1S/C14H26O3/c1-3-5-10-14(13(15)16)11-8-6-7-9-12(14)17-4-2/h12H,3-11H2,1-2H3,(H,15,16). The third-order valence-corrected chi connectivity index (χ3v) is 3.98. The van der Waals surface area contributed by atoms with Crippen LogP contribution < -0.4 is 0 Å². The monoisotopic (exact) mass is 242 g/mol. The van der Waals surface area contributed by atoms with Crippen molar-refractivity contribution in [1.29, 1.82) is 0 Å². The van der Waals surface area contributed by atoms with Gasteiger partial charge in [0.15, 0.2) is 0 Å². The minimum absolute atomic E-state index is 0.0842. The molecule has 1 rings (SSSR count). The summed E-state index contributed by atoms with van der Waals surface area (Å²) in [5.41, 5.74) is -0.622. The van der Waals surface area contributed by atoms with E-state index >= 15 is 0 Å². The number of aliphatic carboxylic acids is 1. The molecule has 2 unspecified atom stereocenters. The highest BCUT2D eigenvalue weighted by molar-refractivity contribution is 5.75. The third-order valence-electron chi connectivity index (χ3n) is 3.98. The lowest BCUT2D eigenvalue weighted by atomic mass is 9.74. The molecule has 3 nitrogen and oxygen atoms in total. The van der Waals surface area contributed by atoms with Crippen molar-refractivity contribution >= 4 is 5.97 Å². The smallest absolute Gasteiger partial charge is 0.312 e. The molecule has 0 aromatic heterocycles. The fraction of sp³-hybridized carbons (Fsp3) is 0.929. The van der Waals surface area contributed by atoms with Crippen LogP contribution in [0, 0.1) is 5.41 Å². The Bertz CT molecular complexity index is 240. The Morgan fingerprint density at radius 1 is 1.35 bits per heavy atom. The molecule has 1 aliphatic carbocycles. The number of unbranched alkanes of at least 4 members (excludes halogenated alkanes) is 1. The van der Waals surface area contributed by atoms with Gasteiger partial charge in [0.25, 0.3) is 0 Å². The van der Waals surface area contributed by atoms with Crippen LogP contribution in [0.1, 0.15) is 65.2 Å². The van der Waals surface area contributed by atoms with Gasteiger partial charge in [0.1, 0.15) is 0 Å². The van der Waals surface area contributed by atoms with Gasteiger partial charge in [-0.15, -0.1) is 0 Å². The Morgan fingerprint density at radius 3 is 2.71 bits per heavy atom. The maximum Gasteiger partial charge on any atom is 0.312 e. The van der Waals surface area contributed by atoms with Crippen LogP contribution in [0.25, 0.3) is 0 Å². The fourth-order valence-corrected chi connectivity index (χ4v) is 2.96. The number of rotatable bonds is 6. The van der Waals surface area contributed by atoms with Gasteiger partial charge in [0.05, 0.1) is 11.5 Å². The van der Waals surface area contributed by atoms with E-state index in [1.165, 1.54) is 0 Å². The molecule has 2 atom stereocenters. The third kappa shape index (κ3) is 3.44. The molecule has 0 aliphatic heterocycles. The first-order chi connectivity index (χ1) is 8.17. The van der Waals surface area contributed by atoms with Gasteiger partial charge in [-0.2, -0.15) is 0 Å². The van der Waals surface area contributed by atoms with Gasteiger partial charge in [0.2, 0.25) is 0 Å². The summed E-state index contributed by atoms with van der Waals surface area (Å²) in [7, 11) is 0. The van der Waals surface area contributed by atoms with E-state index in [4.69, 9.17) is 4.74 Å². The van der Waals surface area contributed by atoms with Gasteiger partial charge in [-0.25, -0.2) is 0 Å². The van der Waals surface area contributed by atoms with E-state index in [9.17, 15) is 9.90 Å². The molecule has 0 bridgehead atoms. The van der Waals surface area contributed by atoms with E-state index in [0.717, 1.165) is 51.4 Å². The van der Waals surface area contributed by atoms with Gasteiger partial charge in [0, 0.05) is 6.61 Å². The van der Waals surface area contributed by atoms with Crippen molar-refractivity contribution in [2.75, 3.05) is 6.61 Å². The number of carbonyl (C=O) groups is 1. The summed E-state index contributed by atoms with van der Waals surface area (Å²) in [5.74, 6) is -0.647. The molecule has 1 N–H and O–H groups in total. The Balaban J connectivity index is 2.87. The molecule has 17 heavy (non-hydrogen) atoms. The van der Waals surface area contributed by atoms with Crippen molar-refractivity contribution in [1.82, 2.24) is 0 Å². The molecule has 0 amide bonds. The number of hydrogen-bond donors (Lipinski definition) is 1. The maximum atomic E-state index is 11.7. The van der Waals surface area contributed by atoms with Gasteiger partial charge in [-0.1, -0.05) is 39.0 Å². The van der Waals surface area contributed by atoms with Crippen LogP contribution in [0.4, 0.5) is 0 Å². The summed E-state index contributed by atoms with van der Waals surface area (Å²) < 4.78 is 5.76. The van der Waals surface area contributed by atoms with Gasteiger partial charge < -0.3 is 9.84 Å². The van der Waals surface area contributed by atoms with E-state index in [1.807, 2.05) is 6.92 Å². The number of hydrogen-bond acceptors (Lipinski definition) is 2. The molecular weight excluding hydrogens is 216 g/mol. The predicted octanol–water partition coefficient (Wildman–Crippen LogP) is 3.62. The molecule has 0 saturated heterocycles. The first kappa shape index (κ1) is 14.5. The SMILES string of the molecule is CCCCC1(C(=O)O)CCCCCC1OCC. The van der Waals surface area contributed by atoms with Crippen LogP contribution >= 0.6 is 0 Å². The average Bonchev–Trinajstić information content (AvgIpc) is 2.51. The molecule has 1 aliphatic rings. The van der Waals surface area contributed by atoms with Crippen molar-refractivity contribution < 1.29 is 14.6 Å². The van der Waals surface area contributed by atoms with Crippen molar-refractivity contribution in [2.45, 2.75) is 71.3 Å². The minimum Gasteiger partial charge on any atom is -0.481 e. The highest BCUT2D eigenvalue weighted by Gasteiger charge is 2.46. The van der Waals surface area contributed by atoms with Crippen LogP contribution in [0.3, 0.4) is 0 Å². The summed E-state index contributed by atoms with van der Waals surface area (Å²) in [6.45, 7) is 4.69. The highest BCUT2D eigenvalue weighted by atomic mass is 16.5. The van der Waals surface area contributed by atoms with E-state index in [-0.39, 0.29) is 6.10 Å². The lowest BCUT2D eigenvalue weighted by molar-refractivity contribution is -0.162. The molecule has 0 heterocycles. The Morgan fingerprint density at radius 2 is 2.12 bits per heavy atom. The number of carboxylic acid groups (broad SMARTS) is 1.